The molecule has 1 unspecified atom stereocenters. The minimum Gasteiger partial charge on any atom is -0.481 e. The second kappa shape index (κ2) is 15.2. The van der Waals surface area contributed by atoms with Crippen LogP contribution in [0.5, 0.6) is 0 Å². The number of aromatic nitrogens is 1. The van der Waals surface area contributed by atoms with Gasteiger partial charge in [0, 0.05) is 29.3 Å². The molecule has 216 valence electrons. The minimum atomic E-state index is -5.08. The van der Waals surface area contributed by atoms with Gasteiger partial charge in [-0.1, -0.05) is 30.3 Å². The van der Waals surface area contributed by atoms with Gasteiger partial charge in [0.25, 0.3) is 5.91 Å². The number of urea groups is 1. The van der Waals surface area contributed by atoms with Crippen LogP contribution in [0.25, 0.3) is 0 Å². The predicted octanol–water partition coefficient (Wildman–Crippen LogP) is 3.42. The molecule has 2 aromatic carbocycles. The van der Waals surface area contributed by atoms with Gasteiger partial charge >= 0.3 is 24.1 Å². The smallest absolute Gasteiger partial charge is 0.481 e. The lowest BCUT2D eigenvalue weighted by Gasteiger charge is -2.17. The third-order valence-electron chi connectivity index (χ3n) is 4.87. The van der Waals surface area contributed by atoms with Gasteiger partial charge in [-0.25, -0.2) is 9.59 Å². The predicted molar refractivity (Wildman–Crippen MR) is 139 cm³/mol. The van der Waals surface area contributed by atoms with E-state index in [1.807, 2.05) is 6.07 Å². The van der Waals surface area contributed by atoms with Crippen LogP contribution in [-0.2, 0) is 14.4 Å². The second-order valence-electron chi connectivity index (χ2n) is 8.02. The molecule has 6 N–H and O–H groups in total. The molecule has 4 amide bonds. The van der Waals surface area contributed by atoms with Gasteiger partial charge in [-0.05, 0) is 42.0 Å². The van der Waals surface area contributed by atoms with Crippen LogP contribution < -0.4 is 21.3 Å². The number of carbonyl (C=O) groups excluding carboxylic acids is 3. The summed E-state index contributed by atoms with van der Waals surface area (Å²) in [6.45, 7) is -0.360. The fourth-order valence-electron chi connectivity index (χ4n) is 3.07. The number of amides is 4. The van der Waals surface area contributed by atoms with Crippen LogP contribution in [0.1, 0.15) is 28.4 Å². The van der Waals surface area contributed by atoms with Gasteiger partial charge < -0.3 is 31.5 Å². The molecule has 0 radical (unpaired) electrons. The van der Waals surface area contributed by atoms with Gasteiger partial charge in [0.2, 0.25) is 5.91 Å². The Hall–Kier alpha value is -5.47. The van der Waals surface area contributed by atoms with Gasteiger partial charge in [-0.3, -0.25) is 19.4 Å². The highest BCUT2D eigenvalue weighted by Crippen LogP contribution is 2.16. The quantitative estimate of drug-likeness (QED) is 0.224. The van der Waals surface area contributed by atoms with E-state index in [-0.39, 0.29) is 18.5 Å². The maximum absolute atomic E-state index is 12.5. The topological polar surface area (TPSA) is 187 Å². The van der Waals surface area contributed by atoms with Crippen molar-refractivity contribution < 1.29 is 47.4 Å². The summed E-state index contributed by atoms with van der Waals surface area (Å²) in [6, 6.07) is 17.2. The van der Waals surface area contributed by atoms with Crippen LogP contribution in [0, 0.1) is 0 Å². The Kier molecular flexibility index (Phi) is 11.8. The van der Waals surface area contributed by atoms with Gasteiger partial charge in [-0.2, -0.15) is 13.2 Å². The zero-order valence-electron chi connectivity index (χ0n) is 21.0. The van der Waals surface area contributed by atoms with Gasteiger partial charge in [0.05, 0.1) is 19.0 Å². The van der Waals surface area contributed by atoms with Gasteiger partial charge in [-0.15, -0.1) is 0 Å². The first kappa shape index (κ1) is 31.7. The van der Waals surface area contributed by atoms with Crippen LogP contribution in [-0.4, -0.2) is 57.7 Å². The number of rotatable bonds is 9. The van der Waals surface area contributed by atoms with Crippen molar-refractivity contribution in [1.82, 2.24) is 15.6 Å². The van der Waals surface area contributed by atoms with Crippen LogP contribution >= 0.6 is 0 Å². The molecule has 1 atom stereocenters. The van der Waals surface area contributed by atoms with Crippen molar-refractivity contribution in [3.63, 3.8) is 0 Å². The molecule has 3 aromatic rings. The lowest BCUT2D eigenvalue weighted by molar-refractivity contribution is -0.192. The molecule has 12 nitrogen and oxygen atoms in total. The zero-order chi connectivity index (χ0) is 30.4. The summed E-state index contributed by atoms with van der Waals surface area (Å²) in [5.74, 6) is -4.93. The maximum atomic E-state index is 12.5. The van der Waals surface area contributed by atoms with Crippen LogP contribution in [0.15, 0.2) is 79.1 Å². The van der Waals surface area contributed by atoms with Crippen LogP contribution in [0.3, 0.4) is 0 Å². The Morgan fingerprint density at radius 3 is 2.07 bits per heavy atom. The molecule has 0 aliphatic rings. The SMILES string of the molecule is O=C(O)C(F)(F)F.O=C(O)CC(NC(=O)CNC(=O)c1cccc(NC(=O)Nc2ccccc2)c1)c1cccnc1. The molecule has 1 heterocycles. The summed E-state index contributed by atoms with van der Waals surface area (Å²) < 4.78 is 31.7. The molecule has 0 saturated heterocycles. The van der Waals surface area contributed by atoms with E-state index in [1.165, 1.54) is 24.5 Å². The molecule has 41 heavy (non-hydrogen) atoms. The third-order valence-corrected chi connectivity index (χ3v) is 4.87. The lowest BCUT2D eigenvalue weighted by Crippen LogP contribution is -2.39. The molecule has 0 fully saturated rings. The number of halogens is 3. The number of carbonyl (C=O) groups is 5. The lowest BCUT2D eigenvalue weighted by atomic mass is 10.1. The second-order valence-corrected chi connectivity index (χ2v) is 8.02. The van der Waals surface area contributed by atoms with E-state index in [1.54, 1.807) is 48.5 Å². The average molecular weight is 576 g/mol. The van der Waals surface area contributed by atoms with Gasteiger partial charge in [0.1, 0.15) is 0 Å². The first-order chi connectivity index (χ1) is 19.3. The number of hydrogen-bond acceptors (Lipinski definition) is 6. The number of carboxylic acids is 2. The van der Waals surface area contributed by atoms with Gasteiger partial charge in [0.15, 0.2) is 0 Å². The standard InChI is InChI=1S/C24H23N5O5.C2HF3O2/c30-21(29-20(13-22(31)32)17-7-5-11-25-14-17)15-26-23(33)16-6-4-10-19(12-16)28-24(34)27-18-8-2-1-3-9-18;3-2(4,5)1(6)7/h1-12,14,20H,13,15H2,(H,26,33)(H,29,30)(H,31,32)(H2,27,28,34);(H,6,7). The van der Waals surface area contributed by atoms with E-state index >= 15 is 0 Å². The summed E-state index contributed by atoms with van der Waals surface area (Å²) >= 11 is 0. The third kappa shape index (κ3) is 11.8. The fourth-order valence-corrected chi connectivity index (χ4v) is 3.07. The maximum Gasteiger partial charge on any atom is 0.490 e. The number of anilines is 2. The molecule has 3 rings (SSSR count). The number of aliphatic carboxylic acids is 2. The first-order valence-corrected chi connectivity index (χ1v) is 11.6. The molecule has 0 saturated carbocycles. The fraction of sp³-hybridized carbons (Fsp3) is 0.154. The highest BCUT2D eigenvalue weighted by Gasteiger charge is 2.38. The zero-order valence-corrected chi connectivity index (χ0v) is 21.0. The number of benzene rings is 2. The van der Waals surface area contributed by atoms with E-state index in [4.69, 9.17) is 15.0 Å². The Morgan fingerprint density at radius 2 is 1.49 bits per heavy atom. The van der Waals surface area contributed by atoms with Crippen molar-refractivity contribution in [2.45, 2.75) is 18.6 Å². The van der Waals surface area contributed by atoms with Crippen molar-refractivity contribution in [3.05, 3.63) is 90.3 Å². The number of nitrogens with one attached hydrogen (secondary N) is 4. The number of pyridine rings is 1. The summed E-state index contributed by atoms with van der Waals surface area (Å²) in [7, 11) is 0. The van der Waals surface area contributed by atoms with Crippen molar-refractivity contribution in [3.8, 4) is 0 Å². The highest BCUT2D eigenvalue weighted by molar-refractivity contribution is 6.01. The molecular weight excluding hydrogens is 551 g/mol. The molecule has 0 bridgehead atoms. The van der Waals surface area contributed by atoms with E-state index in [2.05, 4.69) is 26.3 Å². The summed E-state index contributed by atoms with van der Waals surface area (Å²) in [6.07, 6.45) is -2.40. The van der Waals surface area contributed by atoms with Crippen molar-refractivity contribution >= 4 is 41.2 Å². The van der Waals surface area contributed by atoms with Crippen molar-refractivity contribution in [1.29, 1.82) is 0 Å². The molecule has 0 aliphatic carbocycles. The van der Waals surface area contributed by atoms with Crippen molar-refractivity contribution in [2.75, 3.05) is 17.2 Å². The van der Waals surface area contributed by atoms with Crippen LogP contribution in [0.2, 0.25) is 0 Å². The average Bonchev–Trinajstić information content (AvgIpc) is 2.92. The van der Waals surface area contributed by atoms with E-state index in [0.717, 1.165) is 0 Å². The number of alkyl halides is 3. The number of nitrogens with zero attached hydrogens (tertiary/aromatic N) is 1. The molecule has 0 spiro atoms. The van der Waals surface area contributed by atoms with Crippen molar-refractivity contribution in [2.24, 2.45) is 0 Å². The summed E-state index contributed by atoms with van der Waals surface area (Å²) in [5, 5.41) is 26.6. The number of hydrogen-bond donors (Lipinski definition) is 6. The largest absolute Gasteiger partial charge is 0.490 e. The molecule has 15 heteroatoms. The van der Waals surface area contributed by atoms with Crippen LogP contribution in [0.4, 0.5) is 29.3 Å². The first-order valence-electron chi connectivity index (χ1n) is 11.6. The number of para-hydroxylation sites is 1. The van der Waals surface area contributed by atoms with E-state index in [0.29, 0.717) is 16.9 Å². The molecule has 1 aromatic heterocycles. The Labute approximate surface area is 230 Å². The Balaban J connectivity index is 0.000000745. The van der Waals surface area contributed by atoms with E-state index in [9.17, 15) is 32.3 Å². The molecule has 0 aliphatic heterocycles. The number of carboxylic acid groups (broad SMARTS) is 2. The van der Waals surface area contributed by atoms with E-state index < -0.39 is 42.0 Å². The normalized spacial score (nSPS) is 11.1. The minimum absolute atomic E-state index is 0.236. The Bertz CT molecular complexity index is 1360. The summed E-state index contributed by atoms with van der Waals surface area (Å²) in [4.78, 5) is 60.9. The Morgan fingerprint density at radius 1 is 0.854 bits per heavy atom. The monoisotopic (exact) mass is 575 g/mol. The molecular formula is C26H24F3N5O7. The highest BCUT2D eigenvalue weighted by atomic mass is 19.4. The summed E-state index contributed by atoms with van der Waals surface area (Å²) in [5.41, 5.74) is 1.79.